The van der Waals surface area contributed by atoms with Crippen LogP contribution in [0.25, 0.3) is 0 Å². The van der Waals surface area contributed by atoms with Crippen LogP contribution < -0.4 is 5.32 Å². The van der Waals surface area contributed by atoms with E-state index in [-0.39, 0.29) is 57.0 Å². The van der Waals surface area contributed by atoms with Gasteiger partial charge in [-0.05, 0) is 63.5 Å². The zero-order chi connectivity index (χ0) is 42.7. The third-order valence-electron chi connectivity index (χ3n) is 12.6. The predicted molar refractivity (Wildman–Crippen MR) is 212 cm³/mol. The summed E-state index contributed by atoms with van der Waals surface area (Å²) in [5, 5.41) is 51.6. The number of Topliss-reactive ketones (excluding diaryl/α,β-unsaturated/α-hetero) is 1. The van der Waals surface area contributed by atoms with Crippen LogP contribution in [-0.2, 0) is 38.1 Å². The molecule has 2 aromatic carbocycles. The maximum absolute atomic E-state index is 14.9. The molecule has 1 saturated heterocycles. The van der Waals surface area contributed by atoms with Crippen molar-refractivity contribution in [3.05, 3.63) is 82.9 Å². The van der Waals surface area contributed by atoms with Crippen molar-refractivity contribution in [2.24, 2.45) is 16.7 Å². The van der Waals surface area contributed by atoms with E-state index in [1.54, 1.807) is 83.1 Å². The number of nitrogens with one attached hydrogen (secondary N) is 1. The van der Waals surface area contributed by atoms with Crippen LogP contribution in [0.1, 0.15) is 90.2 Å². The van der Waals surface area contributed by atoms with E-state index in [2.05, 4.69) is 5.32 Å². The number of ketones is 1. The second-order valence-corrected chi connectivity index (χ2v) is 17.6. The molecule has 1 amide bonds. The fourth-order valence-electron chi connectivity index (χ4n) is 9.56. The number of esters is 3. The minimum absolute atomic E-state index is 0. The third-order valence-corrected chi connectivity index (χ3v) is 12.6. The molecule has 1 unspecified atom stereocenters. The van der Waals surface area contributed by atoms with Gasteiger partial charge in [0.25, 0.3) is 0 Å². The van der Waals surface area contributed by atoms with Crippen LogP contribution in [0.2, 0.25) is 0 Å². The van der Waals surface area contributed by atoms with Gasteiger partial charge < -0.3 is 49.4 Å². The number of amides is 1. The normalized spacial score (nSPS) is 33.1. The van der Waals surface area contributed by atoms with Crippen molar-refractivity contribution in [3.63, 3.8) is 0 Å². The van der Waals surface area contributed by atoms with Gasteiger partial charge in [-0.2, -0.15) is 0 Å². The molecule has 2 saturated carbocycles. The maximum atomic E-state index is 14.9. The van der Waals surface area contributed by atoms with E-state index in [0.29, 0.717) is 5.56 Å². The van der Waals surface area contributed by atoms with E-state index in [1.807, 2.05) is 0 Å². The molecule has 59 heavy (non-hydrogen) atoms. The summed E-state index contributed by atoms with van der Waals surface area (Å²) < 4.78 is 29.5. The van der Waals surface area contributed by atoms with Crippen molar-refractivity contribution in [1.82, 2.24) is 5.32 Å². The number of aliphatic hydroxyl groups excluding tert-OH is 3. The summed E-state index contributed by atoms with van der Waals surface area (Å²) in [4.78, 5) is 68.9. The summed E-state index contributed by atoms with van der Waals surface area (Å²) in [6.45, 7) is 11.8. The molecule has 3 fully saturated rings. The number of aliphatic hydroxyl groups is 4. The monoisotopic (exact) mass is 1020 g/mol. The zero-order valence-electron chi connectivity index (χ0n) is 34.6. The molecule has 1 aliphatic heterocycles. The van der Waals surface area contributed by atoms with Crippen molar-refractivity contribution >= 4 is 57.1 Å². The fraction of sp³-hybridized carbons (Fsp3) is 0.558. The van der Waals surface area contributed by atoms with Crippen molar-refractivity contribution < 1.29 is 68.1 Å². The number of fused-ring (bicyclic) bond motifs is 5. The average molecular weight is 1020 g/mol. The van der Waals surface area contributed by atoms with Crippen LogP contribution in [0, 0.1) is 16.7 Å². The Balaban J connectivity index is 0.00000661. The molecule has 2 aromatic rings. The standard InChI is InChI=1S/C43H53NO14.Pb.2H/c1-22-26(55-37(51)32(48)30(24-15-11-9-12-16-24)44-38(52)58-39(3,4)5)20-43(53)35(56-36(50)25-17-13-10-14-18-25)33-41(8,34(49)31(47)29(22)40(43,6)7)27(46)19-28-42(33,21-54-28)57-23(2)45;;;/h9-18,26-28,30-33,35,46-48,53H,19-21H2,1-8H3,(H,44,52);;;/t26-,27-,28+,30-,31+,32?,33-,35-,41+,42-,43+;;;/m0.../s1. The van der Waals surface area contributed by atoms with Gasteiger partial charge in [0.2, 0.25) is 0 Å². The number of ether oxygens (including phenoxy) is 5. The summed E-state index contributed by atoms with van der Waals surface area (Å²) in [6, 6.07) is 14.6. The Hall–Kier alpha value is -3.75. The van der Waals surface area contributed by atoms with Crippen LogP contribution in [0.5, 0.6) is 0 Å². The zero-order valence-corrected chi connectivity index (χ0v) is 40.1. The van der Waals surface area contributed by atoms with E-state index in [0.717, 1.165) is 6.92 Å². The molecule has 11 atom stereocenters. The number of hydrogen-bond donors (Lipinski definition) is 5. The number of hydrogen-bond acceptors (Lipinski definition) is 14. The minimum atomic E-state index is -2.35. The summed E-state index contributed by atoms with van der Waals surface area (Å²) in [7, 11) is 0. The summed E-state index contributed by atoms with van der Waals surface area (Å²) >= 11 is 0. The van der Waals surface area contributed by atoms with Crippen LogP contribution in [-0.4, -0.2) is 138 Å². The van der Waals surface area contributed by atoms with Crippen molar-refractivity contribution in [3.8, 4) is 0 Å². The molecule has 1 heterocycles. The molecular formula is C43H55NO14Pb. The Bertz CT molecular complexity index is 1980. The van der Waals surface area contributed by atoms with Gasteiger partial charge in [0.1, 0.15) is 35.6 Å². The molecule has 5 N–H and O–H groups in total. The van der Waals surface area contributed by atoms with E-state index in [4.69, 9.17) is 23.7 Å². The Morgan fingerprint density at radius 1 is 0.949 bits per heavy atom. The summed E-state index contributed by atoms with van der Waals surface area (Å²) in [5.41, 5.74) is -8.14. The SMILES string of the molecule is CC(=O)O[C@@]12CO[C@@H]1C[C@H](O)[C@@]1(C)C(=O)[C@H](O)C3=C(C)[C@@H](OC(=O)C(O)[C@@H](NC(=O)OC(C)(C)C)c4ccccc4)C[C@@](O)([C@@H](OC(=O)c4ccccc4)[C@H]21)C3(C)C.[PbH2]. The predicted octanol–water partition coefficient (Wildman–Crippen LogP) is 2.34. The molecular weight excluding hydrogens is 962 g/mol. The summed E-state index contributed by atoms with van der Waals surface area (Å²) in [6.07, 6.45) is -11.5. The van der Waals surface area contributed by atoms with E-state index >= 15 is 0 Å². The average Bonchev–Trinajstić information content (AvgIpc) is 3.14. The van der Waals surface area contributed by atoms with Gasteiger partial charge in [-0.15, -0.1) is 0 Å². The Labute approximate surface area is 362 Å². The van der Waals surface area contributed by atoms with Crippen LogP contribution in [0.15, 0.2) is 71.8 Å². The second-order valence-electron chi connectivity index (χ2n) is 17.6. The Morgan fingerprint density at radius 3 is 2.08 bits per heavy atom. The summed E-state index contributed by atoms with van der Waals surface area (Å²) in [5.74, 6) is -5.36. The molecule has 6 rings (SSSR count). The number of carbonyl (C=O) groups excluding carboxylic acids is 5. The number of carbonyl (C=O) groups is 5. The van der Waals surface area contributed by atoms with E-state index in [9.17, 15) is 44.4 Å². The van der Waals surface area contributed by atoms with Crippen LogP contribution in [0.3, 0.4) is 0 Å². The van der Waals surface area contributed by atoms with Gasteiger partial charge in [-0.3, -0.25) is 9.59 Å². The van der Waals surface area contributed by atoms with E-state index < -0.39 is 112 Å². The van der Waals surface area contributed by atoms with Gasteiger partial charge in [0.05, 0.1) is 35.6 Å². The van der Waals surface area contributed by atoms with Crippen LogP contribution >= 0.6 is 0 Å². The molecule has 0 spiro atoms. The van der Waals surface area contributed by atoms with Crippen molar-refractivity contribution in [1.29, 1.82) is 0 Å². The molecule has 4 aliphatic rings. The number of rotatable bonds is 8. The number of alkyl carbamates (subject to hydrolysis) is 1. The van der Waals surface area contributed by atoms with Gasteiger partial charge in [0, 0.05) is 25.2 Å². The Kier molecular flexibility index (Phi) is 13.0. The van der Waals surface area contributed by atoms with Gasteiger partial charge in [-0.25, -0.2) is 14.4 Å². The molecule has 2 radical (unpaired) electrons. The van der Waals surface area contributed by atoms with E-state index in [1.165, 1.54) is 26.0 Å². The van der Waals surface area contributed by atoms with Gasteiger partial charge >= 0.3 is 51.3 Å². The topological polar surface area (TPSA) is 224 Å². The first-order valence-electron chi connectivity index (χ1n) is 19.3. The number of benzene rings is 2. The Morgan fingerprint density at radius 2 is 1.54 bits per heavy atom. The molecule has 2 bridgehead atoms. The quantitative estimate of drug-likeness (QED) is 0.111. The second kappa shape index (κ2) is 16.6. The molecule has 0 aromatic heterocycles. The third kappa shape index (κ3) is 7.98. The van der Waals surface area contributed by atoms with Gasteiger partial charge in [0.15, 0.2) is 17.5 Å². The first kappa shape index (κ1) is 46.3. The van der Waals surface area contributed by atoms with Crippen LogP contribution in [0.4, 0.5) is 4.79 Å². The fourth-order valence-corrected chi connectivity index (χ4v) is 9.56. The molecule has 320 valence electrons. The van der Waals surface area contributed by atoms with Crippen molar-refractivity contribution in [2.75, 3.05) is 6.61 Å². The molecule has 3 aliphatic carbocycles. The molecule has 16 heteroatoms. The first-order valence-corrected chi connectivity index (χ1v) is 19.3. The molecule has 15 nitrogen and oxygen atoms in total. The first-order chi connectivity index (χ1) is 27.0. The van der Waals surface area contributed by atoms with Gasteiger partial charge in [-0.1, -0.05) is 62.4 Å². The van der Waals surface area contributed by atoms with Crippen molar-refractivity contribution in [2.45, 2.75) is 128 Å².